The number of likely N-dealkylation sites (N-methyl/N-ethyl adjacent to an activating group) is 1. The summed E-state index contributed by atoms with van der Waals surface area (Å²) in [5.74, 6) is 0.419. The number of hydrogen-bond acceptors (Lipinski definition) is 4. The van der Waals surface area contributed by atoms with Crippen molar-refractivity contribution in [3.05, 3.63) is 35.4 Å². The first-order valence-electron chi connectivity index (χ1n) is 11.8. The second kappa shape index (κ2) is 10.0. The minimum Gasteiger partial charge on any atom is -0.339 e. The van der Waals surface area contributed by atoms with Gasteiger partial charge in [0, 0.05) is 31.7 Å². The number of carbonyl (C=O) groups excluding carboxylic acids is 3. The third-order valence-corrected chi connectivity index (χ3v) is 6.87. The number of hydrogen-bond donors (Lipinski definition) is 1. The minimum atomic E-state index is -0.855. The summed E-state index contributed by atoms with van der Waals surface area (Å²) < 4.78 is 0. The van der Waals surface area contributed by atoms with Crippen molar-refractivity contribution in [2.45, 2.75) is 52.0 Å². The van der Waals surface area contributed by atoms with Gasteiger partial charge in [-0.2, -0.15) is 0 Å². The highest BCUT2D eigenvalue weighted by atomic mass is 16.2. The number of benzene rings is 1. The SMILES string of the molecule is Cc1ccc(C(=O)N2CCC([C@@]3(CCC(C)C)NC(=O)N(CCN(C)C)C3=O)CC2)cc1. The van der Waals surface area contributed by atoms with Crippen molar-refractivity contribution in [3.63, 3.8) is 0 Å². The van der Waals surface area contributed by atoms with E-state index in [0.717, 1.165) is 12.0 Å². The van der Waals surface area contributed by atoms with Crippen LogP contribution in [0, 0.1) is 18.8 Å². The number of nitrogens with zero attached hydrogens (tertiary/aromatic N) is 3. The zero-order valence-electron chi connectivity index (χ0n) is 20.2. The van der Waals surface area contributed by atoms with E-state index in [4.69, 9.17) is 0 Å². The molecule has 7 nitrogen and oxygen atoms in total. The molecule has 176 valence electrons. The number of carbonyl (C=O) groups is 3. The van der Waals surface area contributed by atoms with E-state index in [1.807, 2.05) is 55.1 Å². The van der Waals surface area contributed by atoms with Gasteiger partial charge in [0.1, 0.15) is 5.54 Å². The maximum absolute atomic E-state index is 13.6. The van der Waals surface area contributed by atoms with E-state index in [1.54, 1.807) is 0 Å². The molecule has 0 bridgehead atoms. The van der Waals surface area contributed by atoms with Crippen molar-refractivity contribution >= 4 is 17.8 Å². The molecule has 2 saturated heterocycles. The fraction of sp³-hybridized carbons (Fsp3) is 0.640. The van der Waals surface area contributed by atoms with Crippen LogP contribution in [0.1, 0.15) is 55.5 Å². The largest absolute Gasteiger partial charge is 0.339 e. The Morgan fingerprint density at radius 2 is 1.78 bits per heavy atom. The lowest BCUT2D eigenvalue weighted by molar-refractivity contribution is -0.134. The van der Waals surface area contributed by atoms with Gasteiger partial charge in [-0.25, -0.2) is 4.79 Å². The van der Waals surface area contributed by atoms with Crippen LogP contribution in [0.3, 0.4) is 0 Å². The second-order valence-corrected chi connectivity index (χ2v) is 10.0. The minimum absolute atomic E-state index is 0.0316. The maximum Gasteiger partial charge on any atom is 0.325 e. The molecule has 0 saturated carbocycles. The number of amides is 4. The van der Waals surface area contributed by atoms with Crippen LogP contribution in [0.5, 0.6) is 0 Å². The molecule has 0 spiro atoms. The summed E-state index contributed by atoms with van der Waals surface area (Å²) in [5.41, 5.74) is 0.970. The number of aryl methyl sites for hydroxylation is 1. The molecule has 4 amide bonds. The van der Waals surface area contributed by atoms with Crippen LogP contribution in [-0.2, 0) is 4.79 Å². The molecule has 32 heavy (non-hydrogen) atoms. The fourth-order valence-electron chi connectivity index (χ4n) is 4.77. The van der Waals surface area contributed by atoms with Gasteiger partial charge in [-0.05, 0) is 70.7 Å². The van der Waals surface area contributed by atoms with Gasteiger partial charge in [-0.1, -0.05) is 31.5 Å². The lowest BCUT2D eigenvalue weighted by Crippen LogP contribution is -2.56. The van der Waals surface area contributed by atoms with Crippen LogP contribution < -0.4 is 5.32 Å². The molecule has 0 radical (unpaired) electrons. The van der Waals surface area contributed by atoms with Gasteiger partial charge < -0.3 is 15.1 Å². The first-order chi connectivity index (χ1) is 15.1. The Labute approximate surface area is 192 Å². The lowest BCUT2D eigenvalue weighted by atomic mass is 9.73. The molecule has 7 heteroatoms. The van der Waals surface area contributed by atoms with E-state index >= 15 is 0 Å². The van der Waals surface area contributed by atoms with E-state index in [9.17, 15) is 14.4 Å². The summed E-state index contributed by atoms with van der Waals surface area (Å²) in [6, 6.07) is 7.37. The number of likely N-dealkylation sites (tertiary alicyclic amines) is 1. The first kappa shape index (κ1) is 24.2. The van der Waals surface area contributed by atoms with E-state index < -0.39 is 5.54 Å². The zero-order chi connectivity index (χ0) is 23.5. The first-order valence-corrected chi connectivity index (χ1v) is 11.8. The molecular weight excluding hydrogens is 404 g/mol. The summed E-state index contributed by atoms with van der Waals surface area (Å²) in [7, 11) is 3.87. The van der Waals surface area contributed by atoms with Crippen LogP contribution >= 0.6 is 0 Å². The Kier molecular flexibility index (Phi) is 7.59. The maximum atomic E-state index is 13.6. The predicted octanol–water partition coefficient (Wildman–Crippen LogP) is 3.14. The van der Waals surface area contributed by atoms with E-state index in [0.29, 0.717) is 56.9 Å². The zero-order valence-corrected chi connectivity index (χ0v) is 20.2. The standard InChI is InChI=1S/C25H38N4O3/c1-18(2)10-13-25(23(31)29(24(32)26-25)17-16-27(4)5)21-11-14-28(15-12-21)22(30)20-8-6-19(3)7-9-20/h6-9,18,21H,10-17H2,1-5H3,(H,26,32)/t25-/m1/s1. The Morgan fingerprint density at radius 3 is 2.34 bits per heavy atom. The molecule has 2 aliphatic heterocycles. The van der Waals surface area contributed by atoms with E-state index in [2.05, 4.69) is 19.2 Å². The van der Waals surface area contributed by atoms with Gasteiger partial charge in [0.25, 0.3) is 11.8 Å². The fourth-order valence-corrected chi connectivity index (χ4v) is 4.77. The lowest BCUT2D eigenvalue weighted by Gasteiger charge is -2.41. The number of nitrogens with one attached hydrogen (secondary N) is 1. The molecule has 2 aliphatic rings. The number of imide groups is 1. The highest BCUT2D eigenvalue weighted by Gasteiger charge is 2.55. The molecular formula is C25H38N4O3. The molecule has 1 aromatic rings. The molecule has 1 N–H and O–H groups in total. The second-order valence-electron chi connectivity index (χ2n) is 10.0. The van der Waals surface area contributed by atoms with Gasteiger partial charge in [0.05, 0.1) is 0 Å². The van der Waals surface area contributed by atoms with Crippen molar-refractivity contribution in [2.75, 3.05) is 40.3 Å². The average Bonchev–Trinajstić information content (AvgIpc) is 3.01. The van der Waals surface area contributed by atoms with Gasteiger partial charge in [0.2, 0.25) is 0 Å². The number of piperidine rings is 1. The Hall–Kier alpha value is -2.41. The van der Waals surface area contributed by atoms with Crippen LogP contribution in [0.25, 0.3) is 0 Å². The Balaban J connectivity index is 1.73. The average molecular weight is 443 g/mol. The van der Waals surface area contributed by atoms with Crippen molar-refractivity contribution in [3.8, 4) is 0 Å². The van der Waals surface area contributed by atoms with Crippen molar-refractivity contribution in [2.24, 2.45) is 11.8 Å². The molecule has 3 rings (SSSR count). The van der Waals surface area contributed by atoms with Gasteiger partial charge in [-0.3, -0.25) is 14.5 Å². The molecule has 1 aromatic carbocycles. The molecule has 1 atom stereocenters. The van der Waals surface area contributed by atoms with Crippen LogP contribution in [0.4, 0.5) is 4.79 Å². The van der Waals surface area contributed by atoms with Crippen molar-refractivity contribution in [1.82, 2.24) is 20.0 Å². The highest BCUT2D eigenvalue weighted by Crippen LogP contribution is 2.38. The Bertz CT molecular complexity index is 828. The molecule has 0 aromatic heterocycles. The molecule has 0 unspecified atom stereocenters. The third-order valence-electron chi connectivity index (χ3n) is 6.87. The summed E-state index contributed by atoms with van der Waals surface area (Å²) in [4.78, 5) is 44.5. The summed E-state index contributed by atoms with van der Waals surface area (Å²) in [6.45, 7) is 8.52. The number of rotatable bonds is 8. The summed E-state index contributed by atoms with van der Waals surface area (Å²) >= 11 is 0. The third kappa shape index (κ3) is 5.14. The molecule has 0 aliphatic carbocycles. The normalized spacial score (nSPS) is 22.2. The summed E-state index contributed by atoms with van der Waals surface area (Å²) in [6.07, 6.45) is 2.94. The van der Waals surface area contributed by atoms with Crippen molar-refractivity contribution in [1.29, 1.82) is 0 Å². The smallest absolute Gasteiger partial charge is 0.325 e. The van der Waals surface area contributed by atoms with Gasteiger partial charge in [-0.15, -0.1) is 0 Å². The highest BCUT2D eigenvalue weighted by molar-refractivity contribution is 6.07. The summed E-state index contributed by atoms with van der Waals surface area (Å²) in [5, 5.41) is 3.11. The predicted molar refractivity (Wildman–Crippen MR) is 125 cm³/mol. The topological polar surface area (TPSA) is 73.0 Å². The van der Waals surface area contributed by atoms with Gasteiger partial charge >= 0.3 is 6.03 Å². The quantitative estimate of drug-likeness (QED) is 0.628. The monoisotopic (exact) mass is 442 g/mol. The van der Waals surface area contributed by atoms with E-state index in [-0.39, 0.29) is 23.8 Å². The van der Waals surface area contributed by atoms with Crippen molar-refractivity contribution < 1.29 is 14.4 Å². The van der Waals surface area contributed by atoms with Crippen LogP contribution in [-0.4, -0.2) is 78.4 Å². The van der Waals surface area contributed by atoms with Gasteiger partial charge in [0.15, 0.2) is 0 Å². The van der Waals surface area contributed by atoms with Crippen LogP contribution in [0.15, 0.2) is 24.3 Å². The molecule has 2 heterocycles. The number of urea groups is 1. The molecule has 2 fully saturated rings. The Morgan fingerprint density at radius 1 is 1.16 bits per heavy atom. The van der Waals surface area contributed by atoms with E-state index in [1.165, 1.54) is 4.90 Å². The van der Waals surface area contributed by atoms with Crippen LogP contribution in [0.2, 0.25) is 0 Å².